The first-order valence-corrected chi connectivity index (χ1v) is 14.7. The van der Waals surface area contributed by atoms with Crippen LogP contribution in [0.3, 0.4) is 0 Å². The van der Waals surface area contributed by atoms with Crippen LogP contribution < -0.4 is 5.32 Å². The van der Waals surface area contributed by atoms with Gasteiger partial charge in [0.25, 0.3) is 0 Å². The largest absolute Gasteiger partial charge is 0.466 e. The molecule has 2 aliphatic rings. The van der Waals surface area contributed by atoms with Crippen LogP contribution in [0.2, 0.25) is 0 Å². The van der Waals surface area contributed by atoms with Crippen molar-refractivity contribution in [1.82, 2.24) is 9.62 Å². The molecule has 1 N–H and O–H groups in total. The van der Waals surface area contributed by atoms with Crippen molar-refractivity contribution < 1.29 is 17.9 Å². The second kappa shape index (κ2) is 11.8. The summed E-state index contributed by atoms with van der Waals surface area (Å²) in [6.45, 7) is 5.01. The van der Waals surface area contributed by atoms with Crippen LogP contribution in [-0.4, -0.2) is 44.4 Å². The predicted octanol–water partition coefficient (Wildman–Crippen LogP) is 5.63. The summed E-state index contributed by atoms with van der Waals surface area (Å²) in [7, 11) is -2.05. The summed E-state index contributed by atoms with van der Waals surface area (Å²) in [4.78, 5) is 11.9. The Morgan fingerprint density at radius 3 is 2.54 bits per heavy atom. The van der Waals surface area contributed by atoms with Crippen molar-refractivity contribution in [2.24, 2.45) is 5.92 Å². The normalized spacial score (nSPS) is 24.2. The lowest BCUT2D eigenvalue weighted by Crippen LogP contribution is -2.52. The fourth-order valence-electron chi connectivity index (χ4n) is 5.40. The van der Waals surface area contributed by atoms with Crippen LogP contribution in [0.5, 0.6) is 0 Å². The van der Waals surface area contributed by atoms with Gasteiger partial charge >= 0.3 is 5.97 Å². The quantitative estimate of drug-likeness (QED) is 0.323. The van der Waals surface area contributed by atoms with Crippen LogP contribution in [0, 0.1) is 5.92 Å². The van der Waals surface area contributed by atoms with E-state index in [1.54, 1.807) is 7.05 Å². The molecule has 0 bridgehead atoms. The van der Waals surface area contributed by atoms with Gasteiger partial charge in [0.1, 0.15) is 0 Å². The molecule has 0 fully saturated rings. The van der Waals surface area contributed by atoms with Gasteiger partial charge in [-0.05, 0) is 56.0 Å². The van der Waals surface area contributed by atoms with Crippen molar-refractivity contribution in [1.29, 1.82) is 0 Å². The Morgan fingerprint density at radius 1 is 1.03 bits per heavy atom. The highest BCUT2D eigenvalue weighted by Crippen LogP contribution is 2.46. The summed E-state index contributed by atoms with van der Waals surface area (Å²) >= 11 is 0. The second-order valence-electron chi connectivity index (χ2n) is 9.99. The molecular formula is C30H38N2O4S. The zero-order chi connectivity index (χ0) is 26.5. The first-order valence-electron chi connectivity index (χ1n) is 13.2. The first kappa shape index (κ1) is 27.3. The lowest BCUT2D eigenvalue weighted by Gasteiger charge is -2.42. The van der Waals surface area contributed by atoms with Gasteiger partial charge in [0, 0.05) is 25.4 Å². The van der Waals surface area contributed by atoms with Crippen LogP contribution in [0.15, 0.2) is 77.7 Å². The maximum atomic E-state index is 14.0. The highest BCUT2D eigenvalue weighted by atomic mass is 32.2. The van der Waals surface area contributed by atoms with Gasteiger partial charge in [-0.25, -0.2) is 8.42 Å². The molecule has 7 heteroatoms. The van der Waals surface area contributed by atoms with Gasteiger partial charge in [0.05, 0.1) is 17.0 Å². The van der Waals surface area contributed by atoms with Crippen LogP contribution in [-0.2, 0) is 19.6 Å². The lowest BCUT2D eigenvalue weighted by atomic mass is 9.75. The minimum atomic E-state index is -3.74. The summed E-state index contributed by atoms with van der Waals surface area (Å²) in [5, 5.41) is 3.71. The maximum absolute atomic E-state index is 14.0. The van der Waals surface area contributed by atoms with E-state index in [1.165, 1.54) is 4.31 Å². The number of unbranched alkanes of at least 4 members (excludes halogenated alkanes) is 3. The third-order valence-corrected chi connectivity index (χ3v) is 9.67. The van der Waals surface area contributed by atoms with Crippen LogP contribution in [0.1, 0.15) is 57.6 Å². The Bertz CT molecular complexity index is 1260. The van der Waals surface area contributed by atoms with Gasteiger partial charge in [-0.2, -0.15) is 4.31 Å². The third-order valence-electron chi connectivity index (χ3n) is 7.65. The highest BCUT2D eigenvalue weighted by Gasteiger charge is 2.49. The summed E-state index contributed by atoms with van der Waals surface area (Å²) in [6.07, 6.45) is 12.3. The molecule has 1 heterocycles. The minimum Gasteiger partial charge on any atom is -0.466 e. The van der Waals surface area contributed by atoms with Gasteiger partial charge in [0.2, 0.25) is 10.0 Å². The minimum absolute atomic E-state index is 0.0649. The summed E-state index contributed by atoms with van der Waals surface area (Å²) in [5.41, 5.74) is 1.99. The van der Waals surface area contributed by atoms with Crippen LogP contribution in [0.4, 0.5) is 0 Å². The molecule has 0 saturated heterocycles. The number of allylic oxidation sites excluding steroid dienone is 2. The van der Waals surface area contributed by atoms with Crippen LogP contribution in [0.25, 0.3) is 11.1 Å². The molecule has 0 radical (unpaired) electrons. The fourth-order valence-corrected chi connectivity index (χ4v) is 7.17. The Morgan fingerprint density at radius 2 is 1.78 bits per heavy atom. The fraction of sp³-hybridized carbons (Fsp3) is 0.433. The summed E-state index contributed by atoms with van der Waals surface area (Å²) in [5.74, 6) is -0.197. The number of fused-ring (bicyclic) bond motifs is 2. The van der Waals surface area contributed by atoms with Crippen molar-refractivity contribution >= 4 is 16.0 Å². The Labute approximate surface area is 221 Å². The molecule has 0 saturated carbocycles. The van der Waals surface area contributed by atoms with Crippen LogP contribution >= 0.6 is 0 Å². The average Bonchev–Trinajstić information content (AvgIpc) is 2.95. The Kier molecular flexibility index (Phi) is 8.67. The Hall–Kier alpha value is -2.74. The number of likely N-dealkylation sites (N-methyl/N-ethyl adjacent to an activating group) is 1. The van der Waals surface area contributed by atoms with E-state index in [0.29, 0.717) is 17.9 Å². The third kappa shape index (κ3) is 5.74. The molecule has 0 spiro atoms. The number of nitrogens with one attached hydrogen (secondary N) is 1. The number of hydrogen-bond donors (Lipinski definition) is 1. The smallest absolute Gasteiger partial charge is 0.305 e. The number of nitrogens with zero attached hydrogens (tertiary/aromatic N) is 1. The molecule has 198 valence electrons. The Balaban J connectivity index is 1.58. The lowest BCUT2D eigenvalue weighted by molar-refractivity contribution is -0.143. The molecule has 3 unspecified atom stereocenters. The van der Waals surface area contributed by atoms with E-state index < -0.39 is 15.6 Å². The SMILES string of the molecule is CCOC(=O)CCCCCCNC1c2ccc(-c3ccccc3)cc2S(=O)(=O)N(C)C2(C)C=CC=CC12. The number of ether oxygens (including phenoxy) is 1. The molecule has 4 rings (SSSR count). The number of carbonyl (C=O) groups is 1. The molecular weight excluding hydrogens is 484 g/mol. The van der Waals surface area contributed by atoms with Crippen molar-refractivity contribution in [2.75, 3.05) is 20.2 Å². The summed E-state index contributed by atoms with van der Waals surface area (Å²) < 4.78 is 34.5. The second-order valence-corrected chi connectivity index (χ2v) is 11.9. The van der Waals surface area contributed by atoms with Crippen molar-refractivity contribution in [3.63, 3.8) is 0 Å². The van der Waals surface area contributed by atoms with Gasteiger partial charge in [-0.15, -0.1) is 0 Å². The number of carbonyl (C=O) groups excluding carboxylic acids is 1. The zero-order valence-corrected chi connectivity index (χ0v) is 22.8. The molecule has 6 nitrogen and oxygen atoms in total. The topological polar surface area (TPSA) is 75.7 Å². The summed E-state index contributed by atoms with van der Waals surface area (Å²) in [6, 6.07) is 15.6. The molecule has 2 aromatic rings. The molecule has 0 aromatic heterocycles. The van der Waals surface area contributed by atoms with Gasteiger partial charge in [0.15, 0.2) is 0 Å². The van der Waals surface area contributed by atoms with E-state index in [9.17, 15) is 13.2 Å². The van der Waals surface area contributed by atoms with E-state index in [1.807, 2.05) is 80.6 Å². The van der Waals surface area contributed by atoms with E-state index in [4.69, 9.17) is 4.74 Å². The van der Waals surface area contributed by atoms with E-state index in [0.717, 1.165) is 48.9 Å². The molecule has 1 aliphatic carbocycles. The van der Waals surface area contributed by atoms with E-state index in [-0.39, 0.29) is 17.9 Å². The molecule has 1 aliphatic heterocycles. The van der Waals surface area contributed by atoms with Gasteiger partial charge in [-0.3, -0.25) is 4.79 Å². The van der Waals surface area contributed by atoms with E-state index >= 15 is 0 Å². The number of esters is 1. The molecule has 37 heavy (non-hydrogen) atoms. The number of benzene rings is 2. The predicted molar refractivity (Wildman–Crippen MR) is 147 cm³/mol. The number of rotatable bonds is 10. The van der Waals surface area contributed by atoms with Crippen molar-refractivity contribution in [3.05, 3.63) is 78.4 Å². The number of sulfonamides is 1. The molecule has 2 aromatic carbocycles. The first-order chi connectivity index (χ1) is 17.8. The molecule has 0 amide bonds. The monoisotopic (exact) mass is 522 g/mol. The standard InChI is InChI=1S/C30H38N2O4S/c1-4-36-28(33)17-10-5-6-13-21-31-29-25-19-18-24(23-14-8-7-9-15-23)22-27(25)37(34,35)32(3)30(2)20-12-11-16-26(29)30/h7-9,11-12,14-16,18-20,22,26,29,31H,4-6,10,13,17,21H2,1-3H3. The van der Waals surface area contributed by atoms with E-state index in [2.05, 4.69) is 11.4 Å². The zero-order valence-electron chi connectivity index (χ0n) is 22.0. The average molecular weight is 523 g/mol. The molecule has 3 atom stereocenters. The van der Waals surface area contributed by atoms with Crippen molar-refractivity contribution in [2.45, 2.75) is 62.4 Å². The maximum Gasteiger partial charge on any atom is 0.305 e. The number of hydrogen-bond acceptors (Lipinski definition) is 5. The van der Waals surface area contributed by atoms with Crippen molar-refractivity contribution in [3.8, 4) is 11.1 Å². The van der Waals surface area contributed by atoms with Gasteiger partial charge in [-0.1, -0.05) is 79.6 Å². The highest BCUT2D eigenvalue weighted by molar-refractivity contribution is 7.89. The van der Waals surface area contributed by atoms with Gasteiger partial charge < -0.3 is 10.1 Å².